The van der Waals surface area contributed by atoms with Crippen LogP contribution in [0.25, 0.3) is 0 Å². The van der Waals surface area contributed by atoms with Gasteiger partial charge in [0.25, 0.3) is 5.92 Å². The average Bonchev–Trinajstić information content (AvgIpc) is 3.14. The molecule has 0 aliphatic heterocycles. The number of rotatable bonds is 5. The molecular weight excluding hydrogens is 320 g/mol. The van der Waals surface area contributed by atoms with Gasteiger partial charge in [-0.2, -0.15) is 0 Å². The van der Waals surface area contributed by atoms with Gasteiger partial charge in [-0.3, -0.25) is 9.98 Å². The van der Waals surface area contributed by atoms with Crippen molar-refractivity contribution in [1.82, 2.24) is 4.98 Å². The van der Waals surface area contributed by atoms with Crippen molar-refractivity contribution in [3.8, 4) is 0 Å². The van der Waals surface area contributed by atoms with Crippen molar-refractivity contribution in [3.63, 3.8) is 0 Å². The molecule has 0 bridgehead atoms. The van der Waals surface area contributed by atoms with Gasteiger partial charge >= 0.3 is 0 Å². The Balaban J connectivity index is 1.70. The lowest BCUT2D eigenvalue weighted by Crippen LogP contribution is -2.16. The molecule has 0 saturated heterocycles. The van der Waals surface area contributed by atoms with Crippen LogP contribution in [0, 0.1) is 0 Å². The highest BCUT2D eigenvalue weighted by molar-refractivity contribution is 5.95. The first-order chi connectivity index (χ1) is 11.9. The zero-order valence-electron chi connectivity index (χ0n) is 14.4. The maximum atomic E-state index is 13.2. The first-order valence-corrected chi connectivity index (χ1v) is 8.67. The van der Waals surface area contributed by atoms with Gasteiger partial charge in [-0.1, -0.05) is 37.1 Å². The van der Waals surface area contributed by atoms with Gasteiger partial charge in [0.15, 0.2) is 0 Å². The summed E-state index contributed by atoms with van der Waals surface area (Å²) in [5.74, 6) is -1.85. The molecule has 1 aromatic heterocycles. The van der Waals surface area contributed by atoms with Crippen molar-refractivity contribution in [2.75, 3.05) is 0 Å². The van der Waals surface area contributed by atoms with E-state index in [1.54, 1.807) is 18.3 Å². The lowest BCUT2D eigenvalue weighted by atomic mass is 9.98. The number of hydrogen-bond acceptors (Lipinski definition) is 2. The van der Waals surface area contributed by atoms with E-state index in [1.165, 1.54) is 43.4 Å². The molecule has 1 saturated carbocycles. The minimum absolute atomic E-state index is 0.000803. The third-order valence-corrected chi connectivity index (χ3v) is 4.77. The van der Waals surface area contributed by atoms with E-state index in [9.17, 15) is 8.78 Å². The largest absolute Gasteiger partial charge is 0.382 e. The minimum atomic E-state index is -2.83. The summed E-state index contributed by atoms with van der Waals surface area (Å²) >= 11 is 0. The summed E-state index contributed by atoms with van der Waals surface area (Å²) in [6, 6.07) is 10.3. The fourth-order valence-electron chi connectivity index (χ4n) is 3.26. The van der Waals surface area contributed by atoms with E-state index in [4.69, 9.17) is 5.73 Å². The molecule has 1 aromatic carbocycles. The molecule has 0 unspecified atom stereocenters. The molecule has 5 heteroatoms. The number of nitrogens with zero attached hydrogens (tertiary/aromatic N) is 2. The van der Waals surface area contributed by atoms with E-state index in [0.29, 0.717) is 24.0 Å². The molecule has 0 amide bonds. The highest BCUT2D eigenvalue weighted by Gasteiger charge is 2.23. The number of benzene rings is 1. The van der Waals surface area contributed by atoms with Gasteiger partial charge in [0.1, 0.15) is 11.5 Å². The number of nitrogens with two attached hydrogens (primary N) is 1. The first kappa shape index (κ1) is 17.5. The Morgan fingerprint density at radius 3 is 2.52 bits per heavy atom. The van der Waals surface area contributed by atoms with Crippen LogP contribution in [0.3, 0.4) is 0 Å². The van der Waals surface area contributed by atoms with Crippen LogP contribution in [0.15, 0.2) is 47.6 Å². The highest BCUT2D eigenvalue weighted by atomic mass is 19.3. The van der Waals surface area contributed by atoms with Gasteiger partial charge in [0.2, 0.25) is 0 Å². The molecule has 1 aliphatic carbocycles. The summed E-state index contributed by atoms with van der Waals surface area (Å²) < 4.78 is 26.5. The number of amidine groups is 1. The predicted molar refractivity (Wildman–Crippen MR) is 95.9 cm³/mol. The quantitative estimate of drug-likeness (QED) is 0.629. The van der Waals surface area contributed by atoms with E-state index in [-0.39, 0.29) is 5.56 Å². The highest BCUT2D eigenvalue weighted by Crippen LogP contribution is 2.34. The van der Waals surface area contributed by atoms with Crippen molar-refractivity contribution in [2.24, 2.45) is 10.7 Å². The van der Waals surface area contributed by atoms with Gasteiger partial charge in [-0.05, 0) is 42.0 Å². The van der Waals surface area contributed by atoms with Gasteiger partial charge < -0.3 is 5.73 Å². The summed E-state index contributed by atoms with van der Waals surface area (Å²) in [7, 11) is 0. The van der Waals surface area contributed by atoms with Crippen LogP contribution < -0.4 is 5.73 Å². The fourth-order valence-corrected chi connectivity index (χ4v) is 3.26. The Morgan fingerprint density at radius 2 is 1.88 bits per heavy atom. The van der Waals surface area contributed by atoms with Crippen LogP contribution in [0.1, 0.15) is 60.9 Å². The van der Waals surface area contributed by atoms with Gasteiger partial charge in [0, 0.05) is 18.7 Å². The molecule has 2 aromatic rings. The van der Waals surface area contributed by atoms with Crippen LogP contribution in [0.2, 0.25) is 0 Å². The Labute approximate surface area is 147 Å². The molecule has 0 spiro atoms. The van der Waals surface area contributed by atoms with Crippen molar-refractivity contribution in [2.45, 2.75) is 51.0 Å². The van der Waals surface area contributed by atoms with Crippen LogP contribution in [0.4, 0.5) is 8.78 Å². The summed E-state index contributed by atoms with van der Waals surface area (Å²) in [4.78, 5) is 8.68. The van der Waals surface area contributed by atoms with Crippen molar-refractivity contribution in [1.29, 1.82) is 0 Å². The zero-order chi connectivity index (χ0) is 17.9. The van der Waals surface area contributed by atoms with Gasteiger partial charge in [-0.25, -0.2) is 8.78 Å². The Morgan fingerprint density at radius 1 is 1.20 bits per heavy atom. The van der Waals surface area contributed by atoms with E-state index >= 15 is 0 Å². The van der Waals surface area contributed by atoms with Gasteiger partial charge in [-0.15, -0.1) is 0 Å². The number of hydrogen-bond donors (Lipinski definition) is 1. The second-order valence-corrected chi connectivity index (χ2v) is 6.74. The molecule has 1 heterocycles. The number of halogens is 2. The van der Waals surface area contributed by atoms with Crippen LogP contribution in [-0.2, 0) is 12.5 Å². The fraction of sp³-hybridized carbons (Fsp3) is 0.400. The van der Waals surface area contributed by atoms with Crippen LogP contribution in [0.5, 0.6) is 0 Å². The smallest absolute Gasteiger partial charge is 0.270 e. The maximum Gasteiger partial charge on any atom is 0.270 e. The van der Waals surface area contributed by atoms with E-state index in [0.717, 1.165) is 12.5 Å². The zero-order valence-corrected chi connectivity index (χ0v) is 14.4. The molecule has 3 rings (SSSR count). The molecule has 25 heavy (non-hydrogen) atoms. The van der Waals surface area contributed by atoms with Crippen molar-refractivity contribution >= 4 is 5.84 Å². The minimum Gasteiger partial charge on any atom is -0.382 e. The SMILES string of the molecule is CC(F)(F)c1ccc(CN=C(N)c2cc(C3CCCC3)ccn2)cc1. The molecule has 2 N–H and O–H groups in total. The van der Waals surface area contributed by atoms with E-state index in [1.807, 2.05) is 6.07 Å². The molecule has 1 aliphatic rings. The molecule has 3 nitrogen and oxygen atoms in total. The van der Waals surface area contributed by atoms with E-state index < -0.39 is 5.92 Å². The second-order valence-electron chi connectivity index (χ2n) is 6.74. The number of aromatic nitrogens is 1. The second kappa shape index (κ2) is 7.30. The predicted octanol–water partition coefficient (Wildman–Crippen LogP) is 4.76. The Hall–Kier alpha value is -2.30. The normalized spacial score (nSPS) is 16.4. The summed E-state index contributed by atoms with van der Waals surface area (Å²) in [6.45, 7) is 1.23. The number of aliphatic imine (C=N–C) groups is 1. The topological polar surface area (TPSA) is 51.3 Å². The lowest BCUT2D eigenvalue weighted by molar-refractivity contribution is 0.0174. The summed E-state index contributed by atoms with van der Waals surface area (Å²) in [5.41, 5.74) is 8.87. The summed E-state index contributed by atoms with van der Waals surface area (Å²) in [6.07, 6.45) is 6.77. The molecule has 132 valence electrons. The molecular formula is C20H23F2N3. The lowest BCUT2D eigenvalue weighted by Gasteiger charge is -2.11. The maximum absolute atomic E-state index is 13.2. The van der Waals surface area contributed by atoms with E-state index in [2.05, 4.69) is 16.0 Å². The van der Waals surface area contributed by atoms with Crippen molar-refractivity contribution in [3.05, 3.63) is 65.0 Å². The third kappa shape index (κ3) is 4.41. The third-order valence-electron chi connectivity index (χ3n) is 4.77. The molecule has 0 atom stereocenters. The van der Waals surface area contributed by atoms with Crippen LogP contribution in [-0.4, -0.2) is 10.8 Å². The molecule has 0 radical (unpaired) electrons. The Bertz CT molecular complexity index is 742. The molecule has 1 fully saturated rings. The monoisotopic (exact) mass is 343 g/mol. The Kier molecular flexibility index (Phi) is 5.11. The number of alkyl halides is 2. The van der Waals surface area contributed by atoms with Gasteiger partial charge in [0.05, 0.1) is 6.54 Å². The average molecular weight is 343 g/mol. The summed E-state index contributed by atoms with van der Waals surface area (Å²) in [5, 5.41) is 0. The first-order valence-electron chi connectivity index (χ1n) is 8.67. The standard InChI is InChI=1S/C20H23F2N3/c1-20(21,22)17-8-6-14(7-9-17)13-25-19(23)18-12-16(10-11-24-18)15-4-2-3-5-15/h6-12,15H,2-5,13H2,1H3,(H2,23,25). The van der Waals surface area contributed by atoms with Crippen LogP contribution >= 0.6 is 0 Å². The van der Waals surface area contributed by atoms with Crippen molar-refractivity contribution < 1.29 is 8.78 Å². The number of pyridine rings is 1.